The molecular formula is C6H17NO3. The predicted octanol–water partition coefficient (Wildman–Crippen LogP) is -0.166. The number of hydrogen-bond donors (Lipinski definition) is 1. The van der Waals surface area contributed by atoms with Gasteiger partial charge in [0.15, 0.2) is 0 Å². The van der Waals surface area contributed by atoms with Gasteiger partial charge in [-0.15, -0.1) is 0 Å². The van der Waals surface area contributed by atoms with Crippen LogP contribution in [0.1, 0.15) is 13.3 Å². The maximum Gasteiger partial charge on any atom is 0.303 e. The number of rotatable bonds is 1. The lowest BCUT2D eigenvalue weighted by atomic mass is 10.5. The Bertz CT molecular complexity index is 70.6. The third-order valence-corrected chi connectivity index (χ3v) is 0.302. The first-order valence-electron chi connectivity index (χ1n) is 2.83. The molecule has 0 spiro atoms. The van der Waals surface area contributed by atoms with Crippen molar-refractivity contribution in [3.8, 4) is 0 Å². The van der Waals surface area contributed by atoms with E-state index in [2.05, 4.69) is 0 Å². The van der Waals surface area contributed by atoms with E-state index in [1.54, 1.807) is 6.92 Å². The van der Waals surface area contributed by atoms with E-state index in [0.29, 0.717) is 0 Å². The molecule has 4 heteroatoms. The van der Waals surface area contributed by atoms with Gasteiger partial charge in [-0.2, -0.15) is 0 Å². The summed E-state index contributed by atoms with van der Waals surface area (Å²) in [7, 11) is 6.00. The van der Waals surface area contributed by atoms with Gasteiger partial charge in [-0.3, -0.25) is 4.79 Å². The van der Waals surface area contributed by atoms with Gasteiger partial charge in [-0.25, -0.2) is 0 Å². The Morgan fingerprint density at radius 3 is 1.50 bits per heavy atom. The van der Waals surface area contributed by atoms with Gasteiger partial charge in [0.05, 0.1) is 0 Å². The molecule has 0 rings (SSSR count). The fourth-order valence-electron chi connectivity index (χ4n) is 0. The van der Waals surface area contributed by atoms with Crippen molar-refractivity contribution in [2.45, 2.75) is 13.3 Å². The Balaban J connectivity index is -0.0000000910. The van der Waals surface area contributed by atoms with E-state index in [9.17, 15) is 4.79 Å². The summed E-state index contributed by atoms with van der Waals surface area (Å²) in [5.74, 6) is -0.745. The second-order valence-corrected chi connectivity index (χ2v) is 2.09. The molecule has 0 aliphatic heterocycles. The highest BCUT2D eigenvalue weighted by atomic mass is 16.4. The molecule has 0 radical (unpaired) electrons. The topological polar surface area (TPSA) is 72.0 Å². The van der Waals surface area contributed by atoms with Crippen molar-refractivity contribution in [1.82, 2.24) is 4.90 Å². The molecule has 3 N–H and O–H groups in total. The number of hydrogen-bond acceptors (Lipinski definition) is 2. The van der Waals surface area contributed by atoms with Gasteiger partial charge in [0, 0.05) is 6.42 Å². The Morgan fingerprint density at radius 1 is 1.40 bits per heavy atom. The first-order chi connectivity index (χ1) is 4.00. The monoisotopic (exact) mass is 151 g/mol. The molecule has 0 saturated heterocycles. The van der Waals surface area contributed by atoms with Gasteiger partial charge in [-0.1, -0.05) is 6.92 Å². The predicted molar refractivity (Wildman–Crippen MR) is 41.2 cm³/mol. The zero-order valence-corrected chi connectivity index (χ0v) is 7.01. The summed E-state index contributed by atoms with van der Waals surface area (Å²) in [6.07, 6.45) is 0.222. The molecular weight excluding hydrogens is 134 g/mol. The zero-order chi connectivity index (χ0) is 7.86. The minimum absolute atomic E-state index is 0. The van der Waals surface area contributed by atoms with Crippen LogP contribution in [-0.4, -0.2) is 42.6 Å². The lowest BCUT2D eigenvalue weighted by molar-refractivity contribution is -0.136. The Kier molecular flexibility index (Phi) is 18.2. The molecule has 0 aliphatic rings. The summed E-state index contributed by atoms with van der Waals surface area (Å²) < 4.78 is 0. The summed E-state index contributed by atoms with van der Waals surface area (Å²) in [6.45, 7) is 1.60. The highest BCUT2D eigenvalue weighted by molar-refractivity contribution is 5.66. The molecule has 10 heavy (non-hydrogen) atoms. The Hall–Kier alpha value is -0.610. The van der Waals surface area contributed by atoms with Gasteiger partial charge in [0.1, 0.15) is 0 Å². The largest absolute Gasteiger partial charge is 0.481 e. The van der Waals surface area contributed by atoms with Crippen LogP contribution < -0.4 is 0 Å². The minimum atomic E-state index is -0.745. The number of carboxylic acid groups (broad SMARTS) is 1. The van der Waals surface area contributed by atoms with Crippen molar-refractivity contribution in [1.29, 1.82) is 0 Å². The van der Waals surface area contributed by atoms with Gasteiger partial charge >= 0.3 is 5.97 Å². The molecule has 0 heterocycles. The van der Waals surface area contributed by atoms with Gasteiger partial charge in [0.25, 0.3) is 0 Å². The molecule has 64 valence electrons. The highest BCUT2D eigenvalue weighted by Crippen LogP contribution is 1.67. The number of nitrogens with zero attached hydrogens (tertiary/aromatic N) is 1. The quantitative estimate of drug-likeness (QED) is 0.565. The second kappa shape index (κ2) is 11.2. The lowest BCUT2D eigenvalue weighted by Crippen LogP contribution is -1.99. The SMILES string of the molecule is CCC(=O)O.CN(C)C.O. The molecule has 0 saturated carbocycles. The zero-order valence-electron chi connectivity index (χ0n) is 7.01. The van der Waals surface area contributed by atoms with Crippen LogP contribution in [0.15, 0.2) is 0 Å². The van der Waals surface area contributed by atoms with E-state index in [-0.39, 0.29) is 11.9 Å². The fourth-order valence-corrected chi connectivity index (χ4v) is 0. The van der Waals surface area contributed by atoms with Crippen molar-refractivity contribution in [3.63, 3.8) is 0 Å². The van der Waals surface area contributed by atoms with Crippen LogP contribution in [0.5, 0.6) is 0 Å². The molecule has 0 amide bonds. The van der Waals surface area contributed by atoms with Crippen LogP contribution in [0.4, 0.5) is 0 Å². The molecule has 0 aromatic carbocycles. The van der Waals surface area contributed by atoms with E-state index in [0.717, 1.165) is 0 Å². The molecule has 0 atom stereocenters. The summed E-state index contributed by atoms with van der Waals surface area (Å²) in [5.41, 5.74) is 0. The van der Waals surface area contributed by atoms with Crippen molar-refractivity contribution in [3.05, 3.63) is 0 Å². The first kappa shape index (κ1) is 16.2. The van der Waals surface area contributed by atoms with E-state index in [1.807, 2.05) is 26.0 Å². The van der Waals surface area contributed by atoms with E-state index in [1.165, 1.54) is 0 Å². The molecule has 0 unspecified atom stereocenters. The van der Waals surface area contributed by atoms with Crippen molar-refractivity contribution in [2.75, 3.05) is 21.1 Å². The summed E-state index contributed by atoms with van der Waals surface area (Å²) >= 11 is 0. The Morgan fingerprint density at radius 2 is 1.50 bits per heavy atom. The third-order valence-electron chi connectivity index (χ3n) is 0.302. The molecule has 0 aromatic rings. The molecule has 0 aliphatic carbocycles. The van der Waals surface area contributed by atoms with Gasteiger partial charge in [-0.05, 0) is 21.1 Å². The van der Waals surface area contributed by atoms with E-state index >= 15 is 0 Å². The smallest absolute Gasteiger partial charge is 0.303 e. The standard InChI is InChI=1S/C3H9N.C3H6O2.H2O/c1-4(2)3;1-2-3(4)5;/h1-3H3;2H2,1H3,(H,4,5);1H2. The Labute approximate surface area is 61.8 Å². The fraction of sp³-hybridized carbons (Fsp3) is 0.833. The minimum Gasteiger partial charge on any atom is -0.481 e. The summed E-state index contributed by atoms with van der Waals surface area (Å²) in [4.78, 5) is 11.4. The van der Waals surface area contributed by atoms with Crippen LogP contribution >= 0.6 is 0 Å². The second-order valence-electron chi connectivity index (χ2n) is 2.09. The third kappa shape index (κ3) is 156. The summed E-state index contributed by atoms with van der Waals surface area (Å²) in [6, 6.07) is 0. The van der Waals surface area contributed by atoms with Gasteiger partial charge in [0.2, 0.25) is 0 Å². The van der Waals surface area contributed by atoms with Crippen molar-refractivity contribution >= 4 is 5.97 Å². The number of carbonyl (C=O) groups is 1. The lowest BCUT2D eigenvalue weighted by Gasteiger charge is -1.90. The first-order valence-corrected chi connectivity index (χ1v) is 2.83. The van der Waals surface area contributed by atoms with Crippen LogP contribution in [0.3, 0.4) is 0 Å². The van der Waals surface area contributed by atoms with Gasteiger partial charge < -0.3 is 15.5 Å². The van der Waals surface area contributed by atoms with Crippen LogP contribution in [0.2, 0.25) is 0 Å². The maximum atomic E-state index is 9.37. The average Bonchev–Trinajstić information content (AvgIpc) is 1.65. The van der Waals surface area contributed by atoms with E-state index < -0.39 is 5.97 Å². The maximum absolute atomic E-state index is 9.37. The van der Waals surface area contributed by atoms with Crippen LogP contribution in [0, 0.1) is 0 Å². The molecule has 0 aromatic heterocycles. The molecule has 0 bridgehead atoms. The van der Waals surface area contributed by atoms with Crippen molar-refractivity contribution in [2.24, 2.45) is 0 Å². The van der Waals surface area contributed by atoms with Crippen LogP contribution in [0.25, 0.3) is 0 Å². The van der Waals surface area contributed by atoms with Crippen LogP contribution in [-0.2, 0) is 4.79 Å². The van der Waals surface area contributed by atoms with E-state index in [4.69, 9.17) is 5.11 Å². The highest BCUT2D eigenvalue weighted by Gasteiger charge is 1.80. The number of aliphatic carboxylic acids is 1. The summed E-state index contributed by atoms with van der Waals surface area (Å²) in [5, 5.41) is 7.72. The normalized spacial score (nSPS) is 7.30. The average molecular weight is 151 g/mol. The molecule has 4 nitrogen and oxygen atoms in total. The molecule has 0 fully saturated rings. The van der Waals surface area contributed by atoms with Crippen molar-refractivity contribution < 1.29 is 15.4 Å². The number of carboxylic acids is 1.